The van der Waals surface area contributed by atoms with Crippen LogP contribution in [0.4, 0.5) is 24.5 Å². The van der Waals surface area contributed by atoms with Gasteiger partial charge >= 0.3 is 6.18 Å². The molecule has 5 N–H and O–H groups in total. The fourth-order valence-electron chi connectivity index (χ4n) is 1.75. The van der Waals surface area contributed by atoms with Gasteiger partial charge in [-0.2, -0.15) is 13.2 Å². The van der Waals surface area contributed by atoms with Gasteiger partial charge in [0, 0.05) is 23.3 Å². The summed E-state index contributed by atoms with van der Waals surface area (Å²) >= 11 is 0. The van der Waals surface area contributed by atoms with Gasteiger partial charge in [0.05, 0.1) is 5.56 Å². The predicted molar refractivity (Wildman–Crippen MR) is 67.4 cm³/mol. The number of hydrogen-bond donors (Lipinski definition) is 3. The highest BCUT2D eigenvalue weighted by Crippen LogP contribution is 2.35. The first-order valence-electron chi connectivity index (χ1n) is 5.54. The molecule has 106 valence electrons. The van der Waals surface area contributed by atoms with Gasteiger partial charge in [0.15, 0.2) is 0 Å². The highest BCUT2D eigenvalue weighted by atomic mass is 19.4. The number of alkyl halides is 3. The standard InChI is InChI=1S/C12H16F3N3O/c1-11(2,6-10(17)19)18-7-3-4-9(16)8(5-7)12(13,14)15/h3-5,18H,6,16H2,1-2H3,(H2,17,19). The number of primary amides is 1. The molecule has 0 spiro atoms. The van der Waals surface area contributed by atoms with E-state index in [1.54, 1.807) is 13.8 Å². The maximum atomic E-state index is 12.7. The molecule has 0 aliphatic carbocycles. The zero-order chi connectivity index (χ0) is 14.8. The fourth-order valence-corrected chi connectivity index (χ4v) is 1.75. The molecule has 0 saturated carbocycles. The third-order valence-corrected chi connectivity index (χ3v) is 2.46. The van der Waals surface area contributed by atoms with E-state index in [9.17, 15) is 18.0 Å². The summed E-state index contributed by atoms with van der Waals surface area (Å²) in [7, 11) is 0. The van der Waals surface area contributed by atoms with Crippen molar-refractivity contribution in [3.05, 3.63) is 23.8 Å². The second-order valence-corrected chi connectivity index (χ2v) is 4.95. The van der Waals surface area contributed by atoms with E-state index in [2.05, 4.69) is 5.32 Å². The number of rotatable bonds is 4. The number of nitrogen functional groups attached to an aromatic ring is 1. The molecule has 0 atom stereocenters. The van der Waals surface area contributed by atoms with Gasteiger partial charge in [0.1, 0.15) is 0 Å². The lowest BCUT2D eigenvalue weighted by Crippen LogP contribution is -2.36. The van der Waals surface area contributed by atoms with Crippen molar-refractivity contribution in [2.75, 3.05) is 11.1 Å². The van der Waals surface area contributed by atoms with E-state index in [0.29, 0.717) is 0 Å². The summed E-state index contributed by atoms with van der Waals surface area (Å²) in [5.41, 5.74) is 8.61. The summed E-state index contributed by atoms with van der Waals surface area (Å²) in [5.74, 6) is -0.538. The van der Waals surface area contributed by atoms with Gasteiger partial charge in [0.2, 0.25) is 5.91 Å². The number of benzene rings is 1. The Morgan fingerprint density at radius 1 is 1.32 bits per heavy atom. The number of amides is 1. The Kier molecular flexibility index (Phi) is 3.97. The average Bonchev–Trinajstić information content (AvgIpc) is 2.16. The Hall–Kier alpha value is -1.92. The summed E-state index contributed by atoms with van der Waals surface area (Å²) in [6, 6.07) is 3.51. The summed E-state index contributed by atoms with van der Waals surface area (Å²) in [6.07, 6.45) is -4.52. The van der Waals surface area contributed by atoms with Gasteiger partial charge in [-0.15, -0.1) is 0 Å². The molecule has 1 aromatic carbocycles. The topological polar surface area (TPSA) is 81.1 Å². The van der Waals surface area contributed by atoms with Crippen molar-refractivity contribution in [3.63, 3.8) is 0 Å². The van der Waals surface area contributed by atoms with Crippen molar-refractivity contribution < 1.29 is 18.0 Å². The second kappa shape index (κ2) is 4.99. The van der Waals surface area contributed by atoms with Gasteiger partial charge in [0.25, 0.3) is 0 Å². The van der Waals surface area contributed by atoms with Gasteiger partial charge in [-0.3, -0.25) is 4.79 Å². The van der Waals surface area contributed by atoms with Crippen LogP contribution in [-0.4, -0.2) is 11.4 Å². The van der Waals surface area contributed by atoms with Gasteiger partial charge in [-0.05, 0) is 32.0 Å². The maximum absolute atomic E-state index is 12.7. The lowest BCUT2D eigenvalue weighted by Gasteiger charge is -2.26. The van der Waals surface area contributed by atoms with Crippen LogP contribution >= 0.6 is 0 Å². The van der Waals surface area contributed by atoms with Gasteiger partial charge in [-0.25, -0.2) is 0 Å². The predicted octanol–water partition coefficient (Wildman–Crippen LogP) is 2.35. The Balaban J connectivity index is 3.01. The number of anilines is 2. The molecule has 7 heteroatoms. The van der Waals surface area contributed by atoms with E-state index in [0.717, 1.165) is 6.07 Å². The fraction of sp³-hybridized carbons (Fsp3) is 0.417. The van der Waals surface area contributed by atoms with Crippen LogP contribution in [0.1, 0.15) is 25.8 Å². The van der Waals surface area contributed by atoms with E-state index in [4.69, 9.17) is 11.5 Å². The second-order valence-electron chi connectivity index (χ2n) is 4.95. The normalized spacial score (nSPS) is 12.3. The molecule has 4 nitrogen and oxygen atoms in total. The van der Waals surface area contributed by atoms with Crippen LogP contribution in [-0.2, 0) is 11.0 Å². The van der Waals surface area contributed by atoms with E-state index in [-0.39, 0.29) is 17.8 Å². The average molecular weight is 275 g/mol. The van der Waals surface area contributed by atoms with Crippen molar-refractivity contribution in [1.29, 1.82) is 0 Å². The number of nitrogens with two attached hydrogens (primary N) is 2. The molecule has 0 aliphatic heterocycles. The van der Waals surface area contributed by atoms with E-state index >= 15 is 0 Å². The first kappa shape index (κ1) is 15.1. The van der Waals surface area contributed by atoms with Crippen LogP contribution in [0.25, 0.3) is 0 Å². The highest BCUT2D eigenvalue weighted by molar-refractivity contribution is 5.75. The molecule has 1 aromatic rings. The van der Waals surface area contributed by atoms with Crippen LogP contribution in [0.5, 0.6) is 0 Å². The van der Waals surface area contributed by atoms with Crippen molar-refractivity contribution in [2.24, 2.45) is 5.73 Å². The Morgan fingerprint density at radius 2 is 1.89 bits per heavy atom. The first-order chi connectivity index (χ1) is 8.51. The minimum absolute atomic E-state index is 0.00126. The summed E-state index contributed by atoms with van der Waals surface area (Å²) in [4.78, 5) is 10.9. The Morgan fingerprint density at radius 3 is 2.37 bits per heavy atom. The van der Waals surface area contributed by atoms with Gasteiger partial charge in [-0.1, -0.05) is 0 Å². The van der Waals surface area contributed by atoms with Crippen LogP contribution < -0.4 is 16.8 Å². The van der Waals surface area contributed by atoms with Crippen LogP contribution in [0.3, 0.4) is 0 Å². The molecule has 0 bridgehead atoms. The summed E-state index contributed by atoms with van der Waals surface area (Å²) in [5, 5.41) is 2.83. The lowest BCUT2D eigenvalue weighted by molar-refractivity contribution is -0.136. The summed E-state index contributed by atoms with van der Waals surface area (Å²) < 4.78 is 38.1. The van der Waals surface area contributed by atoms with E-state index in [1.807, 2.05) is 0 Å². The summed E-state index contributed by atoms with van der Waals surface area (Å²) in [6.45, 7) is 3.34. The molecule has 0 saturated heterocycles. The molecule has 0 heterocycles. The highest BCUT2D eigenvalue weighted by Gasteiger charge is 2.33. The quantitative estimate of drug-likeness (QED) is 0.738. The molecular formula is C12H16F3N3O. The number of nitrogens with one attached hydrogen (secondary N) is 1. The molecule has 1 rings (SSSR count). The first-order valence-corrected chi connectivity index (χ1v) is 5.54. The molecule has 0 aromatic heterocycles. The molecule has 0 radical (unpaired) electrons. The molecule has 0 aliphatic rings. The molecule has 0 fully saturated rings. The smallest absolute Gasteiger partial charge is 0.398 e. The zero-order valence-corrected chi connectivity index (χ0v) is 10.6. The number of carbonyl (C=O) groups excluding carboxylic acids is 1. The van der Waals surface area contributed by atoms with Crippen molar-refractivity contribution >= 4 is 17.3 Å². The van der Waals surface area contributed by atoms with E-state index in [1.165, 1.54) is 12.1 Å². The van der Waals surface area contributed by atoms with Crippen LogP contribution in [0.2, 0.25) is 0 Å². The van der Waals surface area contributed by atoms with Crippen molar-refractivity contribution in [2.45, 2.75) is 32.0 Å². The number of hydrogen-bond acceptors (Lipinski definition) is 3. The van der Waals surface area contributed by atoms with Crippen LogP contribution in [0, 0.1) is 0 Å². The molecule has 0 unspecified atom stereocenters. The zero-order valence-electron chi connectivity index (χ0n) is 10.6. The molecule has 19 heavy (non-hydrogen) atoms. The van der Waals surface area contributed by atoms with Crippen molar-refractivity contribution in [3.8, 4) is 0 Å². The molecule has 1 amide bonds. The lowest BCUT2D eigenvalue weighted by atomic mass is 9.99. The van der Waals surface area contributed by atoms with E-state index < -0.39 is 23.2 Å². The Bertz CT molecular complexity index is 484. The van der Waals surface area contributed by atoms with Crippen LogP contribution in [0.15, 0.2) is 18.2 Å². The third kappa shape index (κ3) is 4.35. The monoisotopic (exact) mass is 275 g/mol. The Labute approximate surface area is 109 Å². The third-order valence-electron chi connectivity index (χ3n) is 2.46. The number of carbonyl (C=O) groups is 1. The minimum Gasteiger partial charge on any atom is -0.398 e. The van der Waals surface area contributed by atoms with Crippen molar-refractivity contribution in [1.82, 2.24) is 0 Å². The SMILES string of the molecule is CC(C)(CC(N)=O)Nc1ccc(N)c(C(F)(F)F)c1. The minimum atomic E-state index is -4.52. The number of halogens is 3. The maximum Gasteiger partial charge on any atom is 0.418 e. The largest absolute Gasteiger partial charge is 0.418 e. The van der Waals surface area contributed by atoms with Gasteiger partial charge < -0.3 is 16.8 Å². The molecular weight excluding hydrogens is 259 g/mol.